The van der Waals surface area contributed by atoms with Crippen molar-refractivity contribution in [3.63, 3.8) is 0 Å². The highest BCUT2D eigenvalue weighted by Gasteiger charge is 2.13. The molecule has 0 spiro atoms. The first-order valence-electron chi connectivity index (χ1n) is 11.0. The van der Waals surface area contributed by atoms with Gasteiger partial charge in [0.1, 0.15) is 11.5 Å². The number of carbonyl (C=O) groups excluding carboxylic acids is 2. The van der Waals surface area contributed by atoms with Crippen LogP contribution in [0.1, 0.15) is 15.9 Å². The molecule has 182 valence electrons. The van der Waals surface area contributed by atoms with Crippen molar-refractivity contribution < 1.29 is 28.5 Å². The molecule has 0 heterocycles. The summed E-state index contributed by atoms with van der Waals surface area (Å²) in [7, 11) is 3.01. The smallest absolute Gasteiger partial charge is 0.343 e. The average molecular weight is 485 g/mol. The Morgan fingerprint density at radius 3 is 2.36 bits per heavy atom. The van der Waals surface area contributed by atoms with Crippen molar-refractivity contribution in [3.8, 4) is 23.0 Å². The van der Waals surface area contributed by atoms with E-state index in [9.17, 15) is 9.59 Å². The number of ether oxygens (including phenoxy) is 4. The molecule has 36 heavy (non-hydrogen) atoms. The fraction of sp³-hybridized carbons (Fsp3) is 0.107. The molecular formula is C28H24N2O6. The van der Waals surface area contributed by atoms with Crippen LogP contribution in [0.4, 0.5) is 0 Å². The van der Waals surface area contributed by atoms with Gasteiger partial charge >= 0.3 is 5.97 Å². The summed E-state index contributed by atoms with van der Waals surface area (Å²) in [4.78, 5) is 24.6. The molecular weight excluding hydrogens is 460 g/mol. The maximum absolute atomic E-state index is 12.4. The lowest BCUT2D eigenvalue weighted by molar-refractivity contribution is -0.123. The van der Waals surface area contributed by atoms with Crippen LogP contribution < -0.4 is 24.4 Å². The minimum atomic E-state index is -0.532. The van der Waals surface area contributed by atoms with Crippen LogP contribution in [0.2, 0.25) is 0 Å². The summed E-state index contributed by atoms with van der Waals surface area (Å²) >= 11 is 0. The van der Waals surface area contributed by atoms with Crippen molar-refractivity contribution in [2.45, 2.75) is 0 Å². The van der Waals surface area contributed by atoms with Crippen LogP contribution in [-0.2, 0) is 4.79 Å². The number of nitrogens with zero attached hydrogens (tertiary/aromatic N) is 1. The average Bonchev–Trinajstić information content (AvgIpc) is 2.92. The van der Waals surface area contributed by atoms with E-state index in [4.69, 9.17) is 18.9 Å². The van der Waals surface area contributed by atoms with Gasteiger partial charge in [0.2, 0.25) is 0 Å². The van der Waals surface area contributed by atoms with Gasteiger partial charge in [-0.15, -0.1) is 0 Å². The van der Waals surface area contributed by atoms with Gasteiger partial charge in [0.25, 0.3) is 5.91 Å². The van der Waals surface area contributed by atoms with Crippen LogP contribution in [-0.4, -0.2) is 38.9 Å². The minimum Gasteiger partial charge on any atom is -0.493 e. The van der Waals surface area contributed by atoms with Gasteiger partial charge in [0.15, 0.2) is 18.1 Å². The summed E-state index contributed by atoms with van der Waals surface area (Å²) in [5.74, 6) is 1.02. The van der Waals surface area contributed by atoms with E-state index in [1.54, 1.807) is 42.5 Å². The van der Waals surface area contributed by atoms with E-state index in [0.29, 0.717) is 34.1 Å². The van der Waals surface area contributed by atoms with Gasteiger partial charge in [-0.2, -0.15) is 5.10 Å². The molecule has 0 atom stereocenters. The lowest BCUT2D eigenvalue weighted by atomic mass is 10.1. The quantitative estimate of drug-likeness (QED) is 0.161. The fourth-order valence-corrected chi connectivity index (χ4v) is 3.43. The van der Waals surface area contributed by atoms with Crippen LogP contribution >= 0.6 is 0 Å². The number of nitrogens with one attached hydrogen (secondary N) is 1. The first-order chi connectivity index (χ1) is 17.6. The Hall–Kier alpha value is -4.85. The zero-order chi connectivity index (χ0) is 25.3. The van der Waals surface area contributed by atoms with Gasteiger partial charge in [-0.25, -0.2) is 10.2 Å². The Kier molecular flexibility index (Phi) is 7.77. The number of carbonyl (C=O) groups is 2. The SMILES string of the molecule is COc1ccc(C(=O)Oc2ccc(/C=N\NC(=O)COc3cccc4ccccc34)cc2)cc1OC. The molecule has 0 radical (unpaired) electrons. The molecule has 4 rings (SSSR count). The van der Waals surface area contributed by atoms with Crippen LogP contribution in [0.5, 0.6) is 23.0 Å². The van der Waals surface area contributed by atoms with Gasteiger partial charge in [-0.1, -0.05) is 36.4 Å². The molecule has 8 heteroatoms. The fourth-order valence-electron chi connectivity index (χ4n) is 3.43. The highest BCUT2D eigenvalue weighted by Crippen LogP contribution is 2.28. The monoisotopic (exact) mass is 484 g/mol. The highest BCUT2D eigenvalue weighted by molar-refractivity contribution is 5.92. The minimum absolute atomic E-state index is 0.170. The Bertz CT molecular complexity index is 1390. The largest absolute Gasteiger partial charge is 0.493 e. The predicted octanol–water partition coefficient (Wildman–Crippen LogP) is 4.61. The third-order valence-corrected chi connectivity index (χ3v) is 5.22. The Labute approximate surface area is 208 Å². The normalized spacial score (nSPS) is 10.7. The van der Waals surface area contributed by atoms with Gasteiger partial charge in [0.05, 0.1) is 26.0 Å². The standard InChI is InChI=1S/C28H24N2O6/c1-33-25-15-12-21(16-26(25)34-2)28(32)36-22-13-10-19(11-14-22)17-29-30-27(31)18-35-24-9-5-7-20-6-3-4-8-23(20)24/h3-17H,18H2,1-2H3,(H,30,31)/b29-17-. The second-order valence-corrected chi connectivity index (χ2v) is 7.59. The van der Waals surface area contributed by atoms with Crippen molar-refractivity contribution in [2.24, 2.45) is 5.10 Å². The first kappa shape index (κ1) is 24.3. The predicted molar refractivity (Wildman–Crippen MR) is 136 cm³/mol. The Balaban J connectivity index is 1.28. The van der Waals surface area contributed by atoms with E-state index in [-0.39, 0.29) is 12.5 Å². The van der Waals surface area contributed by atoms with E-state index < -0.39 is 5.97 Å². The maximum Gasteiger partial charge on any atom is 0.343 e. The number of benzene rings is 4. The summed E-state index contributed by atoms with van der Waals surface area (Å²) in [6.07, 6.45) is 1.48. The Morgan fingerprint density at radius 2 is 1.58 bits per heavy atom. The number of hydrogen-bond acceptors (Lipinski definition) is 7. The lowest BCUT2D eigenvalue weighted by Crippen LogP contribution is -2.24. The van der Waals surface area contributed by atoms with E-state index in [2.05, 4.69) is 10.5 Å². The summed E-state index contributed by atoms with van der Waals surface area (Å²) in [5, 5.41) is 5.92. The molecule has 4 aromatic carbocycles. The summed E-state index contributed by atoms with van der Waals surface area (Å²) in [5.41, 5.74) is 3.47. The molecule has 0 unspecified atom stereocenters. The number of fused-ring (bicyclic) bond motifs is 1. The summed E-state index contributed by atoms with van der Waals surface area (Å²) < 4.78 is 21.5. The van der Waals surface area contributed by atoms with Gasteiger partial charge < -0.3 is 18.9 Å². The van der Waals surface area contributed by atoms with Crippen LogP contribution in [0, 0.1) is 0 Å². The zero-order valence-corrected chi connectivity index (χ0v) is 19.8. The molecule has 0 aromatic heterocycles. The topological polar surface area (TPSA) is 95.5 Å². The third-order valence-electron chi connectivity index (χ3n) is 5.22. The number of esters is 1. The molecule has 0 aliphatic rings. The molecule has 0 aliphatic carbocycles. The van der Waals surface area contributed by atoms with Crippen molar-refractivity contribution in [1.29, 1.82) is 0 Å². The van der Waals surface area contributed by atoms with E-state index >= 15 is 0 Å². The molecule has 0 bridgehead atoms. The van der Waals surface area contributed by atoms with Gasteiger partial charge in [-0.05, 0) is 59.5 Å². The van der Waals surface area contributed by atoms with Crippen molar-refractivity contribution >= 4 is 28.9 Å². The first-order valence-corrected chi connectivity index (χ1v) is 11.0. The van der Waals surface area contributed by atoms with Crippen molar-refractivity contribution in [1.82, 2.24) is 5.43 Å². The third kappa shape index (κ3) is 5.98. The molecule has 8 nitrogen and oxygen atoms in total. The second-order valence-electron chi connectivity index (χ2n) is 7.59. The molecule has 0 saturated heterocycles. The number of methoxy groups -OCH3 is 2. The maximum atomic E-state index is 12.4. The van der Waals surface area contributed by atoms with Gasteiger partial charge in [-0.3, -0.25) is 4.79 Å². The zero-order valence-electron chi connectivity index (χ0n) is 19.8. The van der Waals surface area contributed by atoms with Gasteiger partial charge in [0, 0.05) is 5.39 Å². The number of hydrogen-bond donors (Lipinski definition) is 1. The highest BCUT2D eigenvalue weighted by atomic mass is 16.5. The van der Waals surface area contributed by atoms with Crippen molar-refractivity contribution in [3.05, 3.63) is 96.1 Å². The van der Waals surface area contributed by atoms with Crippen LogP contribution in [0.15, 0.2) is 90.0 Å². The van der Waals surface area contributed by atoms with E-state index in [1.165, 1.54) is 20.4 Å². The Morgan fingerprint density at radius 1 is 0.833 bits per heavy atom. The molecule has 4 aromatic rings. The molecule has 0 saturated carbocycles. The number of rotatable bonds is 9. The molecule has 1 amide bonds. The van der Waals surface area contributed by atoms with Crippen molar-refractivity contribution in [2.75, 3.05) is 20.8 Å². The molecule has 1 N–H and O–H groups in total. The van der Waals surface area contributed by atoms with Crippen LogP contribution in [0.3, 0.4) is 0 Å². The molecule has 0 fully saturated rings. The van der Waals surface area contributed by atoms with E-state index in [1.807, 2.05) is 42.5 Å². The molecule has 0 aliphatic heterocycles. The number of hydrazone groups is 1. The van der Waals surface area contributed by atoms with Crippen LogP contribution in [0.25, 0.3) is 10.8 Å². The summed E-state index contributed by atoms with van der Waals surface area (Å²) in [6.45, 7) is -0.170. The summed E-state index contributed by atoms with van der Waals surface area (Å²) in [6, 6.07) is 24.9. The number of amides is 1. The lowest BCUT2D eigenvalue weighted by Gasteiger charge is -2.09. The van der Waals surface area contributed by atoms with E-state index in [0.717, 1.165) is 10.8 Å². The second kappa shape index (κ2) is 11.5.